The fourth-order valence-corrected chi connectivity index (χ4v) is 1.81. The van der Waals surface area contributed by atoms with E-state index in [0.717, 1.165) is 11.1 Å². The molecule has 0 fully saturated rings. The highest BCUT2D eigenvalue weighted by Gasteiger charge is 2.06. The van der Waals surface area contributed by atoms with Crippen LogP contribution in [0.2, 0.25) is 0 Å². The van der Waals surface area contributed by atoms with E-state index in [1.807, 2.05) is 30.3 Å². The zero-order valence-corrected chi connectivity index (χ0v) is 9.13. The lowest BCUT2D eigenvalue weighted by Gasteiger charge is -1.94. The predicted octanol–water partition coefficient (Wildman–Crippen LogP) is 3.12. The number of aromatic hydroxyl groups is 1. The number of phenols is 1. The fourth-order valence-electron chi connectivity index (χ4n) is 1.81. The summed E-state index contributed by atoms with van der Waals surface area (Å²) >= 11 is 0. The topological polar surface area (TPSA) is 46.3 Å². The molecule has 0 amide bonds. The van der Waals surface area contributed by atoms with Crippen LogP contribution in [0.25, 0.3) is 11.1 Å². The van der Waals surface area contributed by atoms with Crippen molar-refractivity contribution in [1.82, 2.24) is 4.98 Å². The summed E-state index contributed by atoms with van der Waals surface area (Å²) in [5, 5.41) is 9.34. The Labute approximate surface area is 98.3 Å². The molecule has 0 atom stereocenters. The molecule has 3 heteroatoms. The van der Waals surface area contributed by atoms with E-state index in [1.165, 1.54) is 0 Å². The quantitative estimate of drug-likeness (QED) is 0.728. The van der Waals surface area contributed by atoms with Crippen molar-refractivity contribution in [3.8, 4) is 5.75 Å². The molecule has 0 aliphatic rings. The average molecular weight is 225 g/mol. The molecule has 0 unspecified atom stereocenters. The van der Waals surface area contributed by atoms with Crippen LogP contribution in [0.5, 0.6) is 5.75 Å². The summed E-state index contributed by atoms with van der Waals surface area (Å²) in [7, 11) is 0. The molecule has 0 aliphatic carbocycles. The van der Waals surface area contributed by atoms with Crippen LogP contribution >= 0.6 is 0 Å². The summed E-state index contributed by atoms with van der Waals surface area (Å²) in [6.45, 7) is 0. The average Bonchev–Trinajstić information content (AvgIpc) is 2.71. The minimum atomic E-state index is 0.194. The fraction of sp³-hybridized carbons (Fsp3) is 0.0714. The summed E-state index contributed by atoms with van der Waals surface area (Å²) in [6, 6.07) is 15.0. The SMILES string of the molecule is Oc1ccc2nc(Cc3ccccc3)oc2c1. The van der Waals surface area contributed by atoms with Gasteiger partial charge in [0.25, 0.3) is 0 Å². The van der Waals surface area contributed by atoms with Gasteiger partial charge in [-0.3, -0.25) is 0 Å². The first-order chi connectivity index (χ1) is 8.31. The largest absolute Gasteiger partial charge is 0.508 e. The van der Waals surface area contributed by atoms with E-state index < -0.39 is 0 Å². The number of fused-ring (bicyclic) bond motifs is 1. The van der Waals surface area contributed by atoms with E-state index >= 15 is 0 Å². The molecule has 17 heavy (non-hydrogen) atoms. The van der Waals surface area contributed by atoms with Gasteiger partial charge in [0, 0.05) is 12.5 Å². The predicted molar refractivity (Wildman–Crippen MR) is 64.9 cm³/mol. The summed E-state index contributed by atoms with van der Waals surface area (Å²) in [5.41, 5.74) is 2.55. The highest BCUT2D eigenvalue weighted by atomic mass is 16.3. The lowest BCUT2D eigenvalue weighted by Crippen LogP contribution is -1.86. The van der Waals surface area contributed by atoms with Crippen molar-refractivity contribution in [2.45, 2.75) is 6.42 Å². The van der Waals surface area contributed by atoms with Crippen LogP contribution in [0, 0.1) is 0 Å². The third-order valence-electron chi connectivity index (χ3n) is 2.61. The summed E-state index contributed by atoms with van der Waals surface area (Å²) in [5.74, 6) is 0.858. The van der Waals surface area contributed by atoms with E-state index in [1.54, 1.807) is 18.2 Å². The van der Waals surface area contributed by atoms with Gasteiger partial charge in [0.05, 0.1) is 0 Å². The van der Waals surface area contributed by atoms with Crippen LogP contribution in [0.3, 0.4) is 0 Å². The monoisotopic (exact) mass is 225 g/mol. The van der Waals surface area contributed by atoms with Crippen LogP contribution in [0.1, 0.15) is 11.5 Å². The van der Waals surface area contributed by atoms with Gasteiger partial charge in [-0.1, -0.05) is 30.3 Å². The zero-order valence-electron chi connectivity index (χ0n) is 9.13. The molecule has 3 rings (SSSR count). The van der Waals surface area contributed by atoms with Gasteiger partial charge in [0.1, 0.15) is 11.3 Å². The van der Waals surface area contributed by atoms with Crippen LogP contribution in [-0.2, 0) is 6.42 Å². The minimum Gasteiger partial charge on any atom is -0.508 e. The molecule has 2 aromatic carbocycles. The second kappa shape index (κ2) is 3.94. The molecule has 0 bridgehead atoms. The van der Waals surface area contributed by atoms with Gasteiger partial charge in [-0.25, -0.2) is 4.98 Å². The normalized spacial score (nSPS) is 10.8. The van der Waals surface area contributed by atoms with Crippen molar-refractivity contribution in [2.75, 3.05) is 0 Å². The number of benzene rings is 2. The van der Waals surface area contributed by atoms with Crippen molar-refractivity contribution < 1.29 is 9.52 Å². The number of aromatic nitrogens is 1. The van der Waals surface area contributed by atoms with Gasteiger partial charge < -0.3 is 9.52 Å². The molecular weight excluding hydrogens is 214 g/mol. The van der Waals surface area contributed by atoms with E-state index in [2.05, 4.69) is 4.98 Å². The third kappa shape index (κ3) is 1.99. The molecule has 0 saturated heterocycles. The first-order valence-electron chi connectivity index (χ1n) is 5.43. The number of phenolic OH excluding ortho intramolecular Hbond substituents is 1. The van der Waals surface area contributed by atoms with E-state index in [4.69, 9.17) is 4.42 Å². The number of hydrogen-bond acceptors (Lipinski definition) is 3. The van der Waals surface area contributed by atoms with Gasteiger partial charge in [0.15, 0.2) is 11.5 Å². The molecule has 3 aromatic rings. The van der Waals surface area contributed by atoms with Crippen molar-refractivity contribution in [2.24, 2.45) is 0 Å². The van der Waals surface area contributed by atoms with E-state index in [-0.39, 0.29) is 5.75 Å². The highest BCUT2D eigenvalue weighted by molar-refractivity contribution is 5.74. The Balaban J connectivity index is 1.96. The molecule has 1 heterocycles. The number of hydrogen-bond donors (Lipinski definition) is 1. The van der Waals surface area contributed by atoms with E-state index in [0.29, 0.717) is 17.9 Å². The Hall–Kier alpha value is -2.29. The smallest absolute Gasteiger partial charge is 0.199 e. The Morgan fingerprint density at radius 3 is 2.71 bits per heavy atom. The molecule has 0 aliphatic heterocycles. The number of nitrogens with zero attached hydrogens (tertiary/aromatic N) is 1. The Bertz CT molecular complexity index is 644. The van der Waals surface area contributed by atoms with E-state index in [9.17, 15) is 5.11 Å². The van der Waals surface area contributed by atoms with Crippen molar-refractivity contribution in [1.29, 1.82) is 0 Å². The second-order valence-electron chi connectivity index (χ2n) is 3.92. The maximum absolute atomic E-state index is 9.34. The second-order valence-corrected chi connectivity index (χ2v) is 3.92. The first kappa shape index (κ1) is 9.90. The van der Waals surface area contributed by atoms with Crippen LogP contribution < -0.4 is 0 Å². The van der Waals surface area contributed by atoms with Crippen molar-refractivity contribution >= 4 is 11.1 Å². The van der Waals surface area contributed by atoms with Crippen molar-refractivity contribution in [3.05, 3.63) is 60.0 Å². The Kier molecular flexibility index (Phi) is 2.29. The van der Waals surface area contributed by atoms with Crippen LogP contribution in [0.4, 0.5) is 0 Å². The standard InChI is InChI=1S/C14H11NO2/c16-11-6-7-12-13(9-11)17-14(15-12)8-10-4-2-1-3-5-10/h1-7,9,16H,8H2. The van der Waals surface area contributed by atoms with Gasteiger partial charge >= 0.3 is 0 Å². The number of rotatable bonds is 2. The molecule has 1 aromatic heterocycles. The van der Waals surface area contributed by atoms with Crippen LogP contribution in [-0.4, -0.2) is 10.1 Å². The molecule has 3 nitrogen and oxygen atoms in total. The molecule has 0 saturated carbocycles. The lowest BCUT2D eigenvalue weighted by atomic mass is 10.1. The van der Waals surface area contributed by atoms with Gasteiger partial charge in [-0.05, 0) is 17.7 Å². The minimum absolute atomic E-state index is 0.194. The maximum Gasteiger partial charge on any atom is 0.199 e. The molecular formula is C14H11NO2. The lowest BCUT2D eigenvalue weighted by molar-refractivity contribution is 0.473. The van der Waals surface area contributed by atoms with Gasteiger partial charge in [-0.15, -0.1) is 0 Å². The molecule has 84 valence electrons. The zero-order chi connectivity index (χ0) is 11.7. The summed E-state index contributed by atoms with van der Waals surface area (Å²) in [6.07, 6.45) is 0.663. The van der Waals surface area contributed by atoms with Gasteiger partial charge in [0.2, 0.25) is 0 Å². The first-order valence-corrected chi connectivity index (χ1v) is 5.43. The molecule has 0 spiro atoms. The Morgan fingerprint density at radius 2 is 1.88 bits per heavy atom. The summed E-state index contributed by atoms with van der Waals surface area (Å²) < 4.78 is 5.58. The van der Waals surface area contributed by atoms with Gasteiger partial charge in [-0.2, -0.15) is 0 Å². The maximum atomic E-state index is 9.34. The Morgan fingerprint density at radius 1 is 1.06 bits per heavy atom. The van der Waals surface area contributed by atoms with Crippen LogP contribution in [0.15, 0.2) is 52.9 Å². The van der Waals surface area contributed by atoms with Crippen molar-refractivity contribution in [3.63, 3.8) is 0 Å². The number of oxazole rings is 1. The molecule has 1 N–H and O–H groups in total. The molecule has 0 radical (unpaired) electrons. The third-order valence-corrected chi connectivity index (χ3v) is 2.61. The highest BCUT2D eigenvalue weighted by Crippen LogP contribution is 2.21. The summed E-state index contributed by atoms with van der Waals surface area (Å²) in [4.78, 5) is 4.37.